The van der Waals surface area contributed by atoms with E-state index in [4.69, 9.17) is 12.2 Å². The van der Waals surface area contributed by atoms with Gasteiger partial charge in [0.15, 0.2) is 5.11 Å². The van der Waals surface area contributed by atoms with Crippen molar-refractivity contribution in [3.05, 3.63) is 64.7 Å². The molecule has 5 nitrogen and oxygen atoms in total. The summed E-state index contributed by atoms with van der Waals surface area (Å²) in [5, 5.41) is 2.79. The third kappa shape index (κ3) is 3.75. The van der Waals surface area contributed by atoms with E-state index in [1.807, 2.05) is 44.2 Å². The van der Waals surface area contributed by atoms with E-state index in [1.165, 1.54) is 23.4 Å². The van der Waals surface area contributed by atoms with Gasteiger partial charge in [-0.1, -0.05) is 31.2 Å². The number of nitrogens with one attached hydrogen (secondary N) is 1. The maximum Gasteiger partial charge on any atom is 0.270 e. The molecule has 0 saturated carbocycles. The number of benzene rings is 2. The molecule has 30 heavy (non-hydrogen) atoms. The summed E-state index contributed by atoms with van der Waals surface area (Å²) in [6, 6.07) is 13.8. The fourth-order valence-corrected chi connectivity index (χ4v) is 4.33. The van der Waals surface area contributed by atoms with Crippen LogP contribution in [0.15, 0.2) is 48.0 Å². The molecule has 2 aliphatic rings. The molecule has 154 valence electrons. The molecule has 4 rings (SSSR count). The first kappa shape index (κ1) is 20.3. The normalized spacial score (nSPS) is 18.3. The second-order valence-electron chi connectivity index (χ2n) is 7.68. The van der Waals surface area contributed by atoms with Crippen LogP contribution in [0.3, 0.4) is 0 Å². The molecule has 2 saturated heterocycles. The van der Waals surface area contributed by atoms with Crippen LogP contribution in [0.25, 0.3) is 6.08 Å². The molecule has 0 atom stereocenters. The van der Waals surface area contributed by atoms with E-state index >= 15 is 0 Å². The lowest BCUT2D eigenvalue weighted by Gasteiger charge is -2.30. The number of hydrogen-bond acceptors (Lipinski definition) is 4. The average Bonchev–Trinajstić information content (AvgIpc) is 3.27. The van der Waals surface area contributed by atoms with Gasteiger partial charge in [-0.3, -0.25) is 19.8 Å². The van der Waals surface area contributed by atoms with Gasteiger partial charge < -0.3 is 4.90 Å². The van der Waals surface area contributed by atoms with Crippen LogP contribution >= 0.6 is 12.2 Å². The van der Waals surface area contributed by atoms with Crippen molar-refractivity contribution in [1.82, 2.24) is 5.32 Å². The van der Waals surface area contributed by atoms with Crippen molar-refractivity contribution in [2.24, 2.45) is 0 Å². The maximum atomic E-state index is 13.3. The molecule has 0 radical (unpaired) electrons. The van der Waals surface area contributed by atoms with Crippen LogP contribution in [0.1, 0.15) is 36.5 Å². The van der Waals surface area contributed by atoms with E-state index in [-0.39, 0.29) is 10.7 Å². The van der Waals surface area contributed by atoms with Crippen LogP contribution in [0.2, 0.25) is 0 Å². The Balaban J connectivity index is 1.69. The predicted octanol–water partition coefficient (Wildman–Crippen LogP) is 3.99. The minimum absolute atomic E-state index is 0.0894. The zero-order valence-electron chi connectivity index (χ0n) is 17.3. The summed E-state index contributed by atoms with van der Waals surface area (Å²) in [4.78, 5) is 29.7. The number of rotatable bonds is 4. The molecule has 2 aliphatic heterocycles. The molecule has 0 aliphatic carbocycles. The lowest BCUT2D eigenvalue weighted by atomic mass is 10.0. The molecule has 2 amide bonds. The van der Waals surface area contributed by atoms with Crippen molar-refractivity contribution < 1.29 is 9.59 Å². The Morgan fingerprint density at radius 1 is 1.10 bits per heavy atom. The summed E-state index contributed by atoms with van der Waals surface area (Å²) in [5.74, 6) is -0.856. The van der Waals surface area contributed by atoms with Crippen molar-refractivity contribution in [2.45, 2.75) is 33.1 Å². The molecule has 2 aromatic carbocycles. The number of nitrogens with zero attached hydrogens (tertiary/aromatic N) is 2. The highest BCUT2D eigenvalue weighted by atomic mass is 32.1. The minimum Gasteiger partial charge on any atom is -0.372 e. The van der Waals surface area contributed by atoms with E-state index in [9.17, 15) is 9.59 Å². The molecule has 2 fully saturated rings. The molecular weight excluding hydrogens is 394 g/mol. The summed E-state index contributed by atoms with van der Waals surface area (Å²) in [5.41, 5.74) is 4.86. The third-order valence-corrected chi connectivity index (χ3v) is 6.02. The van der Waals surface area contributed by atoms with Crippen molar-refractivity contribution in [1.29, 1.82) is 0 Å². The van der Waals surface area contributed by atoms with Crippen LogP contribution in [-0.4, -0.2) is 30.0 Å². The van der Waals surface area contributed by atoms with Crippen LogP contribution in [0, 0.1) is 6.92 Å². The first-order chi connectivity index (χ1) is 14.5. The second-order valence-corrected chi connectivity index (χ2v) is 8.06. The first-order valence-corrected chi connectivity index (χ1v) is 10.8. The molecular formula is C24H25N3O2S. The number of carbonyl (C=O) groups excluding carboxylic acids is 2. The molecule has 0 unspecified atom stereocenters. The predicted molar refractivity (Wildman–Crippen MR) is 125 cm³/mol. The molecule has 0 bridgehead atoms. The zero-order valence-corrected chi connectivity index (χ0v) is 18.1. The second kappa shape index (κ2) is 8.40. The number of amides is 2. The van der Waals surface area contributed by atoms with Crippen LogP contribution in [-0.2, 0) is 16.0 Å². The van der Waals surface area contributed by atoms with Gasteiger partial charge in [-0.05, 0) is 79.4 Å². The largest absolute Gasteiger partial charge is 0.372 e. The smallest absolute Gasteiger partial charge is 0.270 e. The van der Waals surface area contributed by atoms with Crippen LogP contribution in [0.5, 0.6) is 0 Å². The summed E-state index contributed by atoms with van der Waals surface area (Å²) in [7, 11) is 0. The molecule has 2 aromatic rings. The number of para-hydroxylation sites is 1. The molecule has 2 heterocycles. The number of anilines is 2. The summed E-state index contributed by atoms with van der Waals surface area (Å²) < 4.78 is 0. The molecule has 0 aromatic heterocycles. The van der Waals surface area contributed by atoms with Gasteiger partial charge in [0.25, 0.3) is 11.8 Å². The van der Waals surface area contributed by atoms with Gasteiger partial charge >= 0.3 is 0 Å². The summed E-state index contributed by atoms with van der Waals surface area (Å²) >= 11 is 5.33. The van der Waals surface area contributed by atoms with E-state index in [0.717, 1.165) is 36.2 Å². The highest BCUT2D eigenvalue weighted by Crippen LogP contribution is 2.28. The quantitative estimate of drug-likeness (QED) is 0.463. The number of hydrogen-bond donors (Lipinski definition) is 1. The number of aryl methyl sites for hydroxylation is 2. The highest BCUT2D eigenvalue weighted by molar-refractivity contribution is 7.80. The van der Waals surface area contributed by atoms with Gasteiger partial charge in [-0.15, -0.1) is 0 Å². The minimum atomic E-state index is -0.460. The van der Waals surface area contributed by atoms with Crippen LogP contribution < -0.4 is 15.1 Å². The summed E-state index contributed by atoms with van der Waals surface area (Å²) in [6.07, 6.45) is 4.86. The van der Waals surface area contributed by atoms with E-state index < -0.39 is 11.8 Å². The van der Waals surface area contributed by atoms with Gasteiger partial charge in [0.05, 0.1) is 5.69 Å². The SMILES string of the molecule is CCc1ccccc1N1C(=O)/C(=C/c2ccc(N3CCCC3)cc2C)C(=O)NC1=S. The Morgan fingerprint density at radius 2 is 1.83 bits per heavy atom. The van der Waals surface area contributed by atoms with Crippen molar-refractivity contribution in [3.8, 4) is 0 Å². The maximum absolute atomic E-state index is 13.3. The van der Waals surface area contributed by atoms with Crippen molar-refractivity contribution in [2.75, 3.05) is 22.9 Å². The Labute approximate surface area is 182 Å². The topological polar surface area (TPSA) is 52.7 Å². The highest BCUT2D eigenvalue weighted by Gasteiger charge is 2.35. The van der Waals surface area contributed by atoms with Crippen molar-refractivity contribution >= 4 is 46.6 Å². The molecule has 6 heteroatoms. The Bertz CT molecular complexity index is 1050. The summed E-state index contributed by atoms with van der Waals surface area (Å²) in [6.45, 7) is 6.18. The standard InChI is InChI=1S/C24H25N3O2S/c1-3-17-8-4-5-9-21(17)27-23(29)20(22(28)25-24(27)30)15-18-10-11-19(14-16(18)2)26-12-6-7-13-26/h4-5,8-11,14-15H,3,6-7,12-13H2,1-2H3,(H,25,28,30)/b20-15+. The molecule has 1 N–H and O–H groups in total. The van der Waals surface area contributed by atoms with Crippen LogP contribution in [0.4, 0.5) is 11.4 Å². The lowest BCUT2D eigenvalue weighted by molar-refractivity contribution is -0.122. The number of carbonyl (C=O) groups is 2. The van der Waals surface area contributed by atoms with Gasteiger partial charge in [0.2, 0.25) is 0 Å². The Morgan fingerprint density at radius 3 is 2.53 bits per heavy atom. The zero-order chi connectivity index (χ0) is 21.3. The fraction of sp³-hybridized carbons (Fsp3) is 0.292. The van der Waals surface area contributed by atoms with Gasteiger partial charge in [-0.25, -0.2) is 0 Å². The lowest BCUT2D eigenvalue weighted by Crippen LogP contribution is -2.54. The van der Waals surface area contributed by atoms with E-state index in [2.05, 4.69) is 22.3 Å². The van der Waals surface area contributed by atoms with Gasteiger partial charge in [0, 0.05) is 18.8 Å². The van der Waals surface area contributed by atoms with Gasteiger partial charge in [-0.2, -0.15) is 0 Å². The van der Waals surface area contributed by atoms with Crippen molar-refractivity contribution in [3.63, 3.8) is 0 Å². The average molecular weight is 420 g/mol. The fourth-order valence-electron chi connectivity index (χ4n) is 4.05. The monoisotopic (exact) mass is 419 g/mol. The first-order valence-electron chi connectivity index (χ1n) is 10.3. The van der Waals surface area contributed by atoms with E-state index in [0.29, 0.717) is 5.69 Å². The van der Waals surface area contributed by atoms with E-state index in [1.54, 1.807) is 6.08 Å². The number of thiocarbonyl (C=S) groups is 1. The van der Waals surface area contributed by atoms with Gasteiger partial charge in [0.1, 0.15) is 5.57 Å². The Kier molecular flexibility index (Phi) is 5.68. The Hall–Kier alpha value is -2.99. The molecule has 0 spiro atoms. The third-order valence-electron chi connectivity index (χ3n) is 5.74.